The van der Waals surface area contributed by atoms with Crippen molar-refractivity contribution in [3.05, 3.63) is 45.3 Å². The molecule has 1 aromatic heterocycles. The molecule has 0 aliphatic heterocycles. The number of aryl methyl sites for hydroxylation is 2. The highest BCUT2D eigenvalue weighted by Crippen LogP contribution is 2.30. The molecule has 2 rings (SSSR count). The van der Waals surface area contributed by atoms with Crippen molar-refractivity contribution in [2.75, 3.05) is 0 Å². The maximum Gasteiger partial charge on any atom is 0.223 e. The van der Waals surface area contributed by atoms with Gasteiger partial charge in [0.05, 0.1) is 0 Å². The van der Waals surface area contributed by atoms with Crippen molar-refractivity contribution in [3.8, 4) is 11.6 Å². The molecule has 0 N–H and O–H groups in total. The lowest BCUT2D eigenvalue weighted by Gasteiger charge is -2.18. The molecule has 0 amide bonds. The first kappa shape index (κ1) is 16.0. The van der Waals surface area contributed by atoms with Gasteiger partial charge in [-0.05, 0) is 59.5 Å². The van der Waals surface area contributed by atoms with E-state index in [1.807, 2.05) is 6.07 Å². The van der Waals surface area contributed by atoms with Gasteiger partial charge in [0.25, 0.3) is 0 Å². The van der Waals surface area contributed by atoms with E-state index in [2.05, 4.69) is 73.5 Å². The fourth-order valence-electron chi connectivity index (χ4n) is 2.00. The molecule has 1 aromatic carbocycles. The first-order chi connectivity index (χ1) is 9.66. The van der Waals surface area contributed by atoms with Crippen molar-refractivity contribution in [1.29, 1.82) is 0 Å². The Morgan fingerprint density at radius 1 is 1.00 bits per heavy atom. The van der Waals surface area contributed by atoms with Crippen LogP contribution in [-0.4, -0.2) is 9.97 Å². The molecule has 0 fully saturated rings. The number of nitrogens with zero attached hydrogens (tertiary/aromatic N) is 2. The van der Waals surface area contributed by atoms with E-state index in [4.69, 9.17) is 4.74 Å². The number of ether oxygens (including phenoxy) is 1. The van der Waals surface area contributed by atoms with Crippen LogP contribution in [0.4, 0.5) is 0 Å². The predicted molar refractivity (Wildman–Crippen MR) is 89.2 cm³/mol. The van der Waals surface area contributed by atoms with Crippen molar-refractivity contribution >= 4 is 15.9 Å². The summed E-state index contributed by atoms with van der Waals surface area (Å²) in [7, 11) is 0. The van der Waals surface area contributed by atoms with Gasteiger partial charge >= 0.3 is 0 Å². The van der Waals surface area contributed by atoms with Crippen LogP contribution in [0.5, 0.6) is 11.6 Å². The summed E-state index contributed by atoms with van der Waals surface area (Å²) >= 11 is 3.44. The minimum absolute atomic E-state index is 0.126. The highest BCUT2D eigenvalue weighted by atomic mass is 79.9. The fraction of sp³-hybridized carbons (Fsp3) is 0.412. The van der Waals surface area contributed by atoms with Crippen LogP contribution in [0.15, 0.2) is 22.8 Å². The molecule has 0 saturated heterocycles. The maximum atomic E-state index is 6.01. The quantitative estimate of drug-likeness (QED) is 0.694. The average molecular weight is 349 g/mol. The maximum absolute atomic E-state index is 6.01. The summed E-state index contributed by atoms with van der Waals surface area (Å²) in [5.74, 6) is 2.17. The average Bonchev–Trinajstić information content (AvgIpc) is 2.33. The molecule has 0 aliphatic rings. The zero-order valence-corrected chi connectivity index (χ0v) is 15.0. The summed E-state index contributed by atoms with van der Waals surface area (Å²) in [6.45, 7) is 12.5. The first-order valence-electron chi connectivity index (χ1n) is 6.97. The van der Waals surface area contributed by atoms with Crippen LogP contribution in [0.25, 0.3) is 0 Å². The monoisotopic (exact) mass is 348 g/mol. The fourth-order valence-corrected chi connectivity index (χ4v) is 2.37. The molecule has 0 atom stereocenters. The lowest BCUT2D eigenvalue weighted by molar-refractivity contribution is 0.441. The van der Waals surface area contributed by atoms with E-state index in [9.17, 15) is 0 Å². The number of halogens is 1. The number of benzene rings is 1. The summed E-state index contributed by atoms with van der Waals surface area (Å²) in [6.07, 6.45) is 0. The summed E-state index contributed by atoms with van der Waals surface area (Å²) in [5.41, 5.74) is 3.40. The van der Waals surface area contributed by atoms with Crippen molar-refractivity contribution in [2.24, 2.45) is 0 Å². The molecule has 21 heavy (non-hydrogen) atoms. The van der Waals surface area contributed by atoms with Crippen molar-refractivity contribution in [1.82, 2.24) is 9.97 Å². The Morgan fingerprint density at radius 2 is 1.67 bits per heavy atom. The van der Waals surface area contributed by atoms with Crippen LogP contribution in [0.1, 0.15) is 43.3 Å². The van der Waals surface area contributed by atoms with E-state index in [0.717, 1.165) is 21.7 Å². The topological polar surface area (TPSA) is 35.0 Å². The van der Waals surface area contributed by atoms with Crippen LogP contribution in [0.3, 0.4) is 0 Å². The van der Waals surface area contributed by atoms with E-state index in [1.165, 1.54) is 11.1 Å². The summed E-state index contributed by atoms with van der Waals surface area (Å²) < 4.78 is 6.74. The second-order valence-electron chi connectivity index (χ2n) is 6.41. The minimum Gasteiger partial charge on any atom is -0.439 e. The van der Waals surface area contributed by atoms with Gasteiger partial charge in [-0.15, -0.1) is 0 Å². The number of aromatic nitrogens is 2. The van der Waals surface area contributed by atoms with Crippen molar-refractivity contribution in [2.45, 2.75) is 47.0 Å². The Balaban J connectivity index is 2.43. The highest BCUT2D eigenvalue weighted by Gasteiger charge is 2.19. The SMILES string of the molecule is Cc1cc(C)c(C)c(Oc2cc(Br)nc(C(C)(C)C)n2)c1. The van der Waals surface area contributed by atoms with Gasteiger partial charge in [-0.3, -0.25) is 0 Å². The summed E-state index contributed by atoms with van der Waals surface area (Å²) in [4.78, 5) is 8.97. The number of hydrogen-bond donors (Lipinski definition) is 0. The zero-order chi connectivity index (χ0) is 15.8. The van der Waals surface area contributed by atoms with E-state index < -0.39 is 0 Å². The molecule has 0 radical (unpaired) electrons. The minimum atomic E-state index is -0.126. The molecule has 2 aromatic rings. The van der Waals surface area contributed by atoms with Crippen molar-refractivity contribution in [3.63, 3.8) is 0 Å². The first-order valence-corrected chi connectivity index (χ1v) is 7.77. The van der Waals surface area contributed by atoms with Gasteiger partial charge in [0.2, 0.25) is 5.88 Å². The third-order valence-corrected chi connectivity index (χ3v) is 3.73. The van der Waals surface area contributed by atoms with Crippen LogP contribution in [0, 0.1) is 20.8 Å². The standard InChI is InChI=1S/C17H21BrN2O/c1-10-7-11(2)12(3)13(8-10)21-15-9-14(18)19-16(20-15)17(4,5)6/h7-9H,1-6H3. The Kier molecular flexibility index (Phi) is 4.38. The van der Waals surface area contributed by atoms with Crippen LogP contribution < -0.4 is 4.74 Å². The molecular formula is C17H21BrN2O. The second-order valence-corrected chi connectivity index (χ2v) is 7.22. The molecule has 3 nitrogen and oxygen atoms in total. The predicted octanol–water partition coefficient (Wildman–Crippen LogP) is 5.25. The normalized spacial score (nSPS) is 11.6. The number of rotatable bonds is 2. The molecule has 0 aliphatic carbocycles. The zero-order valence-electron chi connectivity index (χ0n) is 13.4. The molecule has 0 saturated carbocycles. The van der Waals surface area contributed by atoms with E-state index in [-0.39, 0.29) is 5.41 Å². The van der Waals surface area contributed by atoms with Gasteiger partial charge in [-0.25, -0.2) is 4.98 Å². The van der Waals surface area contributed by atoms with Gasteiger partial charge in [-0.2, -0.15) is 4.98 Å². The molecular weight excluding hydrogens is 328 g/mol. The summed E-state index contributed by atoms with van der Waals surface area (Å²) in [5, 5.41) is 0. The van der Waals surface area contributed by atoms with Crippen LogP contribution in [-0.2, 0) is 5.41 Å². The molecule has 0 unspecified atom stereocenters. The lowest BCUT2D eigenvalue weighted by Crippen LogP contribution is -2.16. The molecule has 0 bridgehead atoms. The Bertz CT molecular complexity index is 675. The second kappa shape index (κ2) is 5.76. The van der Waals surface area contributed by atoms with E-state index in [0.29, 0.717) is 5.88 Å². The third-order valence-electron chi connectivity index (χ3n) is 3.32. The third kappa shape index (κ3) is 3.82. The molecule has 0 spiro atoms. The highest BCUT2D eigenvalue weighted by molar-refractivity contribution is 9.10. The van der Waals surface area contributed by atoms with Gasteiger partial charge in [0.15, 0.2) is 0 Å². The van der Waals surface area contributed by atoms with Gasteiger partial charge in [0, 0.05) is 11.5 Å². The molecule has 4 heteroatoms. The van der Waals surface area contributed by atoms with Gasteiger partial charge < -0.3 is 4.74 Å². The smallest absolute Gasteiger partial charge is 0.223 e. The van der Waals surface area contributed by atoms with E-state index >= 15 is 0 Å². The van der Waals surface area contributed by atoms with Crippen LogP contribution >= 0.6 is 15.9 Å². The largest absolute Gasteiger partial charge is 0.439 e. The summed E-state index contributed by atoms with van der Waals surface area (Å²) in [6, 6.07) is 5.99. The van der Waals surface area contributed by atoms with Gasteiger partial charge in [-0.1, -0.05) is 26.8 Å². The molecule has 112 valence electrons. The Hall–Kier alpha value is -1.42. The van der Waals surface area contributed by atoms with Gasteiger partial charge in [0.1, 0.15) is 16.2 Å². The van der Waals surface area contributed by atoms with Crippen LogP contribution in [0.2, 0.25) is 0 Å². The van der Waals surface area contributed by atoms with E-state index in [1.54, 1.807) is 6.07 Å². The molecule has 1 heterocycles. The lowest BCUT2D eigenvalue weighted by atomic mass is 9.96. The number of hydrogen-bond acceptors (Lipinski definition) is 3. The Morgan fingerprint density at radius 3 is 2.29 bits per heavy atom. The Labute approximate surface area is 134 Å². The van der Waals surface area contributed by atoms with Crippen molar-refractivity contribution < 1.29 is 4.74 Å².